The maximum atomic E-state index is 13.5. The molecule has 4 rings (SSSR count). The number of benzene rings is 2. The molecule has 2 aromatic carbocycles. The van der Waals surface area contributed by atoms with Crippen LogP contribution in [-0.2, 0) is 9.53 Å². The summed E-state index contributed by atoms with van der Waals surface area (Å²) >= 11 is 3.36. The van der Waals surface area contributed by atoms with Crippen molar-refractivity contribution in [2.45, 2.75) is 6.04 Å². The normalized spacial score (nSPS) is 15.6. The molecule has 3 aromatic rings. The van der Waals surface area contributed by atoms with Crippen molar-refractivity contribution in [1.29, 1.82) is 0 Å². The molecule has 0 spiro atoms. The van der Waals surface area contributed by atoms with E-state index < -0.39 is 12.0 Å². The highest BCUT2D eigenvalue weighted by Gasteiger charge is 2.38. The zero-order valence-corrected chi connectivity index (χ0v) is 16.3. The summed E-state index contributed by atoms with van der Waals surface area (Å²) in [6.07, 6.45) is 0. The molecule has 28 heavy (non-hydrogen) atoms. The predicted molar refractivity (Wildman–Crippen MR) is 104 cm³/mol. The molecule has 9 heteroatoms. The van der Waals surface area contributed by atoms with Crippen LogP contribution in [0.1, 0.15) is 22.0 Å². The molecule has 0 bridgehead atoms. The topological polar surface area (TPSA) is 99.0 Å². The molecule has 0 radical (unpaired) electrons. The van der Waals surface area contributed by atoms with Gasteiger partial charge < -0.3 is 10.1 Å². The number of halogens is 1. The molecule has 0 saturated heterocycles. The summed E-state index contributed by atoms with van der Waals surface area (Å²) in [6.45, 7) is 0. The number of carbonyl (C=O) groups excluding carboxylic acids is 2. The van der Waals surface area contributed by atoms with Crippen LogP contribution in [-0.4, -0.2) is 39.1 Å². The first-order valence-electron chi connectivity index (χ1n) is 8.32. The van der Waals surface area contributed by atoms with Crippen molar-refractivity contribution < 1.29 is 14.3 Å². The Kier molecular flexibility index (Phi) is 4.74. The number of anilines is 1. The van der Waals surface area contributed by atoms with E-state index in [1.807, 2.05) is 30.3 Å². The fraction of sp³-hybridized carbons (Fsp3) is 0.105. The summed E-state index contributed by atoms with van der Waals surface area (Å²) in [7, 11) is 1.26. The Balaban J connectivity index is 1.94. The van der Waals surface area contributed by atoms with Crippen molar-refractivity contribution in [1.82, 2.24) is 20.2 Å². The lowest BCUT2D eigenvalue weighted by molar-refractivity contribution is -0.136. The van der Waals surface area contributed by atoms with Gasteiger partial charge in [-0.2, -0.15) is 4.68 Å². The van der Waals surface area contributed by atoms with Crippen molar-refractivity contribution in [3.05, 3.63) is 81.5 Å². The van der Waals surface area contributed by atoms with Crippen molar-refractivity contribution in [2.75, 3.05) is 12.4 Å². The van der Waals surface area contributed by atoms with Gasteiger partial charge in [-0.1, -0.05) is 51.4 Å². The van der Waals surface area contributed by atoms with Gasteiger partial charge in [-0.05, 0) is 40.3 Å². The van der Waals surface area contributed by atoms with E-state index in [1.54, 1.807) is 24.3 Å². The summed E-state index contributed by atoms with van der Waals surface area (Å²) in [6, 6.07) is 15.5. The van der Waals surface area contributed by atoms with E-state index >= 15 is 0 Å². The molecule has 1 aliphatic heterocycles. The van der Waals surface area contributed by atoms with Crippen LogP contribution in [0.3, 0.4) is 0 Å². The number of hydrogen-bond acceptors (Lipinski definition) is 7. The van der Waals surface area contributed by atoms with Crippen LogP contribution in [0.25, 0.3) is 0 Å². The second kappa shape index (κ2) is 7.35. The average molecular weight is 440 g/mol. The molecule has 2 heterocycles. The van der Waals surface area contributed by atoms with Gasteiger partial charge >= 0.3 is 5.97 Å². The first kappa shape index (κ1) is 18.1. The highest BCUT2D eigenvalue weighted by molar-refractivity contribution is 9.10. The Morgan fingerprint density at radius 2 is 1.82 bits per heavy atom. The molecule has 1 aromatic heterocycles. The first-order valence-corrected chi connectivity index (χ1v) is 9.12. The third-order valence-electron chi connectivity index (χ3n) is 4.37. The molecule has 8 nitrogen and oxygen atoms in total. The molecule has 0 aliphatic carbocycles. The summed E-state index contributed by atoms with van der Waals surface area (Å²) in [5, 5.41) is 14.5. The molecular formula is C19H14BrN5O3. The average Bonchev–Trinajstić information content (AvgIpc) is 3.21. The first-order chi connectivity index (χ1) is 13.6. The van der Waals surface area contributed by atoms with E-state index in [4.69, 9.17) is 4.74 Å². The highest BCUT2D eigenvalue weighted by atomic mass is 79.9. The van der Waals surface area contributed by atoms with Gasteiger partial charge in [0.05, 0.1) is 12.7 Å². The van der Waals surface area contributed by atoms with Gasteiger partial charge in [0.1, 0.15) is 11.7 Å². The number of nitrogens with zero attached hydrogens (tertiary/aromatic N) is 4. The lowest BCUT2D eigenvalue weighted by Gasteiger charge is -2.28. The molecule has 0 amide bonds. The SMILES string of the molecule is COC(=O)C1=C(C(=O)c2ccc(Br)cc2)[C@@H](c2ccccc2)n2nnnc2N1. The highest BCUT2D eigenvalue weighted by Crippen LogP contribution is 2.36. The maximum absolute atomic E-state index is 13.5. The monoisotopic (exact) mass is 439 g/mol. The number of allylic oxidation sites excluding steroid dienone is 1. The lowest BCUT2D eigenvalue weighted by atomic mass is 9.89. The largest absolute Gasteiger partial charge is 0.464 e. The number of nitrogens with one attached hydrogen (secondary N) is 1. The van der Waals surface area contributed by atoms with Crippen LogP contribution in [0.2, 0.25) is 0 Å². The summed E-state index contributed by atoms with van der Waals surface area (Å²) in [5.41, 5.74) is 1.42. The number of fused-ring (bicyclic) bond motifs is 1. The molecule has 0 fully saturated rings. The minimum atomic E-state index is -0.683. The van der Waals surface area contributed by atoms with E-state index in [9.17, 15) is 9.59 Å². The number of ketones is 1. The van der Waals surface area contributed by atoms with Crippen LogP contribution in [0.15, 0.2) is 70.3 Å². The molecule has 1 aliphatic rings. The number of esters is 1. The van der Waals surface area contributed by atoms with E-state index in [1.165, 1.54) is 11.8 Å². The number of carbonyl (C=O) groups is 2. The number of aromatic nitrogens is 4. The zero-order valence-electron chi connectivity index (χ0n) is 14.7. The van der Waals surface area contributed by atoms with Crippen LogP contribution in [0.5, 0.6) is 0 Å². The Labute approximate surface area is 168 Å². The molecule has 1 atom stereocenters. The lowest BCUT2D eigenvalue weighted by Crippen LogP contribution is -2.32. The quantitative estimate of drug-likeness (QED) is 0.492. The summed E-state index contributed by atoms with van der Waals surface area (Å²) < 4.78 is 7.23. The third kappa shape index (κ3) is 3.09. The minimum Gasteiger partial charge on any atom is -0.464 e. The molecule has 0 saturated carbocycles. The molecular weight excluding hydrogens is 426 g/mol. The smallest absolute Gasteiger partial charge is 0.355 e. The van der Waals surface area contributed by atoms with Gasteiger partial charge in [-0.3, -0.25) is 4.79 Å². The third-order valence-corrected chi connectivity index (χ3v) is 4.90. The number of methoxy groups -OCH3 is 1. The number of ether oxygens (including phenoxy) is 1. The number of Topliss-reactive ketones (excluding diaryl/α,β-unsaturated/α-hetero) is 1. The summed E-state index contributed by atoms with van der Waals surface area (Å²) in [4.78, 5) is 25.9. The second-order valence-corrected chi connectivity index (χ2v) is 6.92. The Bertz CT molecular complexity index is 1080. The van der Waals surface area contributed by atoms with E-state index in [2.05, 4.69) is 36.8 Å². The van der Waals surface area contributed by atoms with E-state index in [0.29, 0.717) is 5.56 Å². The second-order valence-electron chi connectivity index (χ2n) is 6.00. The van der Waals surface area contributed by atoms with Crippen molar-refractivity contribution in [2.24, 2.45) is 0 Å². The van der Waals surface area contributed by atoms with Gasteiger partial charge in [-0.15, -0.1) is 0 Å². The Hall–Kier alpha value is -3.33. The minimum absolute atomic E-state index is 0.0200. The standard InChI is InChI=1S/C19H14BrN5O3/c1-28-18(27)15-14(17(26)12-7-9-13(20)10-8-12)16(11-5-3-2-4-6-11)25-19(21-15)22-23-24-25/h2-10,16H,1H3,(H,21,22,24)/t16-/m1/s1. The number of hydrogen-bond donors (Lipinski definition) is 1. The van der Waals surface area contributed by atoms with Gasteiger partial charge in [0.15, 0.2) is 5.78 Å². The van der Waals surface area contributed by atoms with Crippen molar-refractivity contribution >= 4 is 33.6 Å². The van der Waals surface area contributed by atoms with Crippen LogP contribution in [0, 0.1) is 0 Å². The van der Waals surface area contributed by atoms with Gasteiger partial charge in [0, 0.05) is 10.0 Å². The van der Waals surface area contributed by atoms with Crippen molar-refractivity contribution in [3.8, 4) is 0 Å². The van der Waals surface area contributed by atoms with Gasteiger partial charge in [0.25, 0.3) is 0 Å². The number of tetrazole rings is 1. The van der Waals surface area contributed by atoms with Crippen LogP contribution >= 0.6 is 15.9 Å². The van der Waals surface area contributed by atoms with Crippen LogP contribution < -0.4 is 5.32 Å². The van der Waals surface area contributed by atoms with Crippen LogP contribution in [0.4, 0.5) is 5.95 Å². The molecule has 0 unspecified atom stereocenters. The fourth-order valence-electron chi connectivity index (χ4n) is 3.09. The maximum Gasteiger partial charge on any atom is 0.355 e. The Morgan fingerprint density at radius 3 is 2.50 bits per heavy atom. The van der Waals surface area contributed by atoms with Gasteiger partial charge in [-0.25, -0.2) is 4.79 Å². The van der Waals surface area contributed by atoms with Gasteiger partial charge in [0.2, 0.25) is 5.95 Å². The van der Waals surface area contributed by atoms with Crippen molar-refractivity contribution in [3.63, 3.8) is 0 Å². The number of rotatable bonds is 4. The molecule has 1 N–H and O–H groups in total. The van der Waals surface area contributed by atoms with E-state index in [0.717, 1.165) is 10.0 Å². The Morgan fingerprint density at radius 1 is 1.11 bits per heavy atom. The predicted octanol–water partition coefficient (Wildman–Crippen LogP) is 2.76. The zero-order chi connectivity index (χ0) is 19.7. The summed E-state index contributed by atoms with van der Waals surface area (Å²) in [5.74, 6) is -0.743. The molecule has 140 valence electrons. The van der Waals surface area contributed by atoms with E-state index in [-0.39, 0.29) is 23.0 Å². The fourth-order valence-corrected chi connectivity index (χ4v) is 3.35.